The van der Waals surface area contributed by atoms with E-state index in [0.29, 0.717) is 44.9 Å². The molecule has 1 fully saturated rings. The number of carbonyl (C=O) groups is 1. The molecule has 1 saturated carbocycles. The number of halogens is 1. The Balaban J connectivity index is 1.29. The van der Waals surface area contributed by atoms with Gasteiger partial charge in [0.15, 0.2) is 11.5 Å². The van der Waals surface area contributed by atoms with Gasteiger partial charge in [-0.3, -0.25) is 14.9 Å². The van der Waals surface area contributed by atoms with E-state index in [9.17, 15) is 4.79 Å². The summed E-state index contributed by atoms with van der Waals surface area (Å²) in [5, 5.41) is 15.1. The minimum atomic E-state index is -0.419. The summed E-state index contributed by atoms with van der Waals surface area (Å²) in [6, 6.07) is 8.88. The number of fused-ring (bicyclic) bond motifs is 2. The number of rotatable bonds is 5. The zero-order chi connectivity index (χ0) is 24.9. The van der Waals surface area contributed by atoms with Crippen LogP contribution in [0.15, 0.2) is 59.7 Å². The molecule has 8 nitrogen and oxygen atoms in total. The first-order chi connectivity index (χ1) is 18.1. The number of aromatic amines is 2. The highest BCUT2D eigenvalue weighted by Crippen LogP contribution is 2.35. The maximum Gasteiger partial charge on any atom is 0.227 e. The van der Waals surface area contributed by atoms with Crippen molar-refractivity contribution in [3.63, 3.8) is 0 Å². The van der Waals surface area contributed by atoms with E-state index in [1.165, 1.54) is 6.07 Å². The van der Waals surface area contributed by atoms with E-state index in [-0.39, 0.29) is 11.8 Å². The maximum absolute atomic E-state index is 15.2. The Morgan fingerprint density at radius 1 is 1.11 bits per heavy atom. The zero-order valence-corrected chi connectivity index (χ0v) is 20.3. The molecule has 182 valence electrons. The number of thiophene rings is 1. The van der Waals surface area contributed by atoms with Crippen molar-refractivity contribution in [2.75, 3.05) is 5.32 Å². The van der Waals surface area contributed by atoms with Crippen molar-refractivity contribution < 1.29 is 9.18 Å². The van der Waals surface area contributed by atoms with Crippen molar-refractivity contribution in [3.05, 3.63) is 65.5 Å². The first-order valence-corrected chi connectivity index (χ1v) is 12.9. The number of aromatic nitrogens is 6. The second-order valence-electron chi connectivity index (χ2n) is 9.18. The molecule has 0 radical (unpaired) electrons. The molecule has 0 spiro atoms. The lowest BCUT2D eigenvalue weighted by Gasteiger charge is -2.24. The Morgan fingerprint density at radius 3 is 2.84 bits per heavy atom. The third-order valence-corrected chi connectivity index (χ3v) is 7.57. The summed E-state index contributed by atoms with van der Waals surface area (Å²) < 4.78 is 15.2. The van der Waals surface area contributed by atoms with Crippen LogP contribution in [0.1, 0.15) is 19.3 Å². The molecule has 7 rings (SSSR count). The lowest BCUT2D eigenvalue weighted by atomic mass is 9.85. The molecule has 5 heterocycles. The second kappa shape index (κ2) is 8.59. The van der Waals surface area contributed by atoms with Gasteiger partial charge in [0.25, 0.3) is 0 Å². The maximum atomic E-state index is 15.2. The molecular formula is C27H20FN7OS. The summed E-state index contributed by atoms with van der Waals surface area (Å²) in [7, 11) is 0. The molecule has 0 unspecified atom stereocenters. The van der Waals surface area contributed by atoms with Crippen LogP contribution in [0.2, 0.25) is 0 Å². The van der Waals surface area contributed by atoms with E-state index < -0.39 is 5.82 Å². The number of pyridine rings is 2. The average Bonchev–Trinajstić information content (AvgIpc) is 3.61. The quantitative estimate of drug-likeness (QED) is 0.257. The fraction of sp³-hybridized carbons (Fsp3) is 0.148. The van der Waals surface area contributed by atoms with Crippen molar-refractivity contribution in [3.8, 4) is 33.8 Å². The third-order valence-electron chi connectivity index (χ3n) is 6.88. The molecule has 1 amide bonds. The van der Waals surface area contributed by atoms with Gasteiger partial charge in [0.2, 0.25) is 5.91 Å². The van der Waals surface area contributed by atoms with Gasteiger partial charge in [-0.05, 0) is 53.4 Å². The number of anilines is 1. The van der Waals surface area contributed by atoms with Crippen LogP contribution in [0, 0.1) is 11.7 Å². The Morgan fingerprint density at radius 2 is 2.03 bits per heavy atom. The lowest BCUT2D eigenvalue weighted by Crippen LogP contribution is -2.28. The minimum absolute atomic E-state index is 0.0152. The predicted octanol–water partition coefficient (Wildman–Crippen LogP) is 6.17. The number of hydrogen-bond acceptors (Lipinski definition) is 6. The fourth-order valence-electron chi connectivity index (χ4n) is 4.68. The Hall–Kier alpha value is -4.44. The number of benzene rings is 1. The van der Waals surface area contributed by atoms with E-state index in [0.717, 1.165) is 35.9 Å². The number of nitrogens with one attached hydrogen (secondary N) is 3. The van der Waals surface area contributed by atoms with E-state index in [2.05, 4.69) is 35.8 Å². The van der Waals surface area contributed by atoms with Gasteiger partial charge in [0.05, 0.1) is 17.4 Å². The van der Waals surface area contributed by atoms with Crippen LogP contribution >= 0.6 is 11.3 Å². The number of imidazole rings is 1. The molecule has 1 aliphatic carbocycles. The highest BCUT2D eigenvalue weighted by Gasteiger charge is 2.25. The summed E-state index contributed by atoms with van der Waals surface area (Å²) in [5.74, 6) is 0.147. The average molecular weight is 510 g/mol. The standard InChI is InChI=1S/C27H20FN7OS/c28-21-10-22-20(9-19(21)16-8-17(12-29-11-16)31-27(36)14-2-1-3-14)24(35-34-22)26-32-23-18(15-5-7-37-13-15)4-6-30-25(23)33-26/h4-14H,1-3H2,(H,31,36)(H,34,35)(H,30,32,33). The molecule has 1 aliphatic rings. The Labute approximate surface area is 214 Å². The number of nitrogens with zero attached hydrogens (tertiary/aromatic N) is 4. The lowest BCUT2D eigenvalue weighted by molar-refractivity contribution is -0.122. The van der Waals surface area contributed by atoms with E-state index in [1.807, 2.05) is 17.5 Å². The molecule has 0 aliphatic heterocycles. The van der Waals surface area contributed by atoms with Gasteiger partial charge < -0.3 is 10.3 Å². The van der Waals surface area contributed by atoms with Crippen molar-refractivity contribution in [1.82, 2.24) is 30.1 Å². The van der Waals surface area contributed by atoms with Gasteiger partial charge >= 0.3 is 0 Å². The van der Waals surface area contributed by atoms with Crippen molar-refractivity contribution >= 4 is 45.0 Å². The molecule has 3 N–H and O–H groups in total. The predicted molar refractivity (Wildman–Crippen MR) is 141 cm³/mol. The van der Waals surface area contributed by atoms with Gasteiger partial charge in [-0.15, -0.1) is 0 Å². The van der Waals surface area contributed by atoms with Crippen LogP contribution in [0.25, 0.3) is 55.8 Å². The van der Waals surface area contributed by atoms with Crippen LogP contribution in [-0.4, -0.2) is 36.0 Å². The Kier molecular flexibility index (Phi) is 5.07. The topological polar surface area (TPSA) is 112 Å². The highest BCUT2D eigenvalue weighted by atomic mass is 32.1. The summed E-state index contributed by atoms with van der Waals surface area (Å²) in [4.78, 5) is 29.1. The van der Waals surface area contributed by atoms with Gasteiger partial charge in [-0.2, -0.15) is 16.4 Å². The van der Waals surface area contributed by atoms with Gasteiger partial charge in [-0.1, -0.05) is 6.42 Å². The fourth-order valence-corrected chi connectivity index (χ4v) is 5.34. The van der Waals surface area contributed by atoms with Gasteiger partial charge in [-0.25, -0.2) is 14.4 Å². The summed E-state index contributed by atoms with van der Waals surface area (Å²) >= 11 is 1.62. The number of carbonyl (C=O) groups excluding carboxylic acids is 1. The molecule has 5 aromatic heterocycles. The molecule has 10 heteroatoms. The molecule has 0 bridgehead atoms. The SMILES string of the molecule is O=C(Nc1cncc(-c2cc3c(-c4nc5c(-c6ccsc6)ccnc5[nH]4)n[nH]c3cc2F)c1)C1CCC1. The van der Waals surface area contributed by atoms with Crippen molar-refractivity contribution in [1.29, 1.82) is 0 Å². The summed E-state index contributed by atoms with van der Waals surface area (Å²) in [5.41, 5.74) is 6.02. The first-order valence-electron chi connectivity index (χ1n) is 12.0. The number of H-pyrrole nitrogens is 2. The number of hydrogen-bond donors (Lipinski definition) is 3. The van der Waals surface area contributed by atoms with Crippen molar-refractivity contribution in [2.24, 2.45) is 5.92 Å². The van der Waals surface area contributed by atoms with E-state index >= 15 is 4.39 Å². The summed E-state index contributed by atoms with van der Waals surface area (Å²) in [6.07, 6.45) is 7.79. The van der Waals surface area contributed by atoms with Crippen LogP contribution in [0.5, 0.6) is 0 Å². The van der Waals surface area contributed by atoms with Crippen LogP contribution < -0.4 is 5.32 Å². The van der Waals surface area contributed by atoms with Crippen LogP contribution in [-0.2, 0) is 4.79 Å². The molecule has 1 aromatic carbocycles. The Bertz CT molecular complexity index is 1790. The third kappa shape index (κ3) is 3.77. The molecule has 0 atom stereocenters. The molecular weight excluding hydrogens is 489 g/mol. The van der Waals surface area contributed by atoms with Crippen LogP contribution in [0.3, 0.4) is 0 Å². The summed E-state index contributed by atoms with van der Waals surface area (Å²) in [6.45, 7) is 0. The largest absolute Gasteiger partial charge is 0.324 e. The monoisotopic (exact) mass is 509 g/mol. The van der Waals surface area contributed by atoms with E-state index in [4.69, 9.17) is 4.98 Å². The van der Waals surface area contributed by atoms with Crippen molar-refractivity contribution in [2.45, 2.75) is 19.3 Å². The molecule has 6 aromatic rings. The molecule has 0 saturated heterocycles. The first kappa shape index (κ1) is 21.8. The highest BCUT2D eigenvalue weighted by molar-refractivity contribution is 7.08. The van der Waals surface area contributed by atoms with Crippen LogP contribution in [0.4, 0.5) is 10.1 Å². The minimum Gasteiger partial charge on any atom is -0.324 e. The van der Waals surface area contributed by atoms with Gasteiger partial charge in [0, 0.05) is 46.5 Å². The number of amides is 1. The molecule has 37 heavy (non-hydrogen) atoms. The van der Waals surface area contributed by atoms with E-state index in [1.54, 1.807) is 42.1 Å². The normalized spacial score (nSPS) is 13.8. The smallest absolute Gasteiger partial charge is 0.227 e. The van der Waals surface area contributed by atoms with Gasteiger partial charge in [0.1, 0.15) is 17.0 Å². The zero-order valence-electron chi connectivity index (χ0n) is 19.5. The second-order valence-corrected chi connectivity index (χ2v) is 9.96.